The maximum absolute atomic E-state index is 4.75. The molecule has 126 valence electrons. The monoisotopic (exact) mass is 343 g/mol. The number of quaternary nitrogens is 1. The Labute approximate surface area is 148 Å². The van der Waals surface area contributed by atoms with Crippen LogP contribution < -0.4 is 27.9 Å². The Kier molecular flexibility index (Phi) is 5.02. The normalized spacial score (nSPS) is 16.2. The van der Waals surface area contributed by atoms with Gasteiger partial charge in [-0.25, -0.2) is 4.98 Å². The highest BCUT2D eigenvalue weighted by Gasteiger charge is 2.29. The van der Waals surface area contributed by atoms with Crippen molar-refractivity contribution >= 4 is 29.2 Å². The molecule has 5 nitrogen and oxygen atoms in total. The van der Waals surface area contributed by atoms with Crippen LogP contribution in [-0.2, 0) is 0 Å². The van der Waals surface area contributed by atoms with Gasteiger partial charge in [-0.15, -0.1) is 0 Å². The summed E-state index contributed by atoms with van der Waals surface area (Å²) >= 11 is 0. The van der Waals surface area contributed by atoms with Gasteiger partial charge in [0.2, 0.25) is 11.6 Å². The van der Waals surface area contributed by atoms with Gasteiger partial charge in [0.25, 0.3) is 0 Å². The second kappa shape index (κ2) is 7.20. The van der Waals surface area contributed by atoms with Crippen molar-refractivity contribution in [1.82, 2.24) is 9.97 Å². The zero-order valence-corrected chi connectivity index (χ0v) is 14.6. The van der Waals surface area contributed by atoms with E-state index < -0.39 is 0 Å². The van der Waals surface area contributed by atoms with Gasteiger partial charge in [-0.05, 0) is 31.4 Å². The molecule has 0 atom stereocenters. The number of fused-ring (bicyclic) bond motifs is 1. The quantitative estimate of drug-likeness (QED) is 0.767. The van der Waals surface area contributed by atoms with Gasteiger partial charge in [-0.3, -0.25) is 5.32 Å². The minimum atomic E-state index is 0. The molecular weight excluding hydrogens is 322 g/mol. The van der Waals surface area contributed by atoms with Gasteiger partial charge in [0.1, 0.15) is 11.4 Å². The summed E-state index contributed by atoms with van der Waals surface area (Å²) in [5.74, 6) is 1.77. The summed E-state index contributed by atoms with van der Waals surface area (Å²) in [5.41, 5.74) is 4.61. The van der Waals surface area contributed by atoms with Crippen molar-refractivity contribution in [2.24, 2.45) is 0 Å². The summed E-state index contributed by atoms with van der Waals surface area (Å²) < 4.78 is 0. The third-order valence-electron chi connectivity index (χ3n) is 4.53. The van der Waals surface area contributed by atoms with Crippen molar-refractivity contribution in [1.29, 1.82) is 0 Å². The molecule has 0 amide bonds. The molecule has 24 heavy (non-hydrogen) atoms. The number of halogens is 1. The Balaban J connectivity index is 0.00000169. The number of rotatable bonds is 3. The van der Waals surface area contributed by atoms with Crippen LogP contribution in [0.4, 0.5) is 17.5 Å². The van der Waals surface area contributed by atoms with Crippen molar-refractivity contribution in [2.45, 2.75) is 19.3 Å². The van der Waals surface area contributed by atoms with E-state index in [4.69, 9.17) is 4.98 Å². The first-order valence-corrected chi connectivity index (χ1v) is 8.32. The second-order valence-corrected chi connectivity index (χ2v) is 6.08. The first-order chi connectivity index (χ1) is 11.3. The molecule has 0 saturated carbocycles. The Hall–Kier alpha value is -2.11. The molecule has 2 aliphatic rings. The molecule has 4 rings (SSSR count). The fourth-order valence-corrected chi connectivity index (χ4v) is 3.32. The van der Waals surface area contributed by atoms with Crippen molar-refractivity contribution in [3.05, 3.63) is 41.6 Å². The number of nitrogens with two attached hydrogens (primary N) is 1. The average molecular weight is 344 g/mol. The predicted molar refractivity (Wildman–Crippen MR) is 93.5 cm³/mol. The van der Waals surface area contributed by atoms with E-state index in [9.17, 15) is 0 Å². The van der Waals surface area contributed by atoms with Crippen LogP contribution >= 0.6 is 0 Å². The molecule has 0 spiro atoms. The molecular formula is C18H22ClN5. The summed E-state index contributed by atoms with van der Waals surface area (Å²) in [6.45, 7) is 2.17. The fourth-order valence-electron chi connectivity index (χ4n) is 3.32. The highest BCUT2D eigenvalue weighted by molar-refractivity contribution is 5.86. The van der Waals surface area contributed by atoms with Crippen LogP contribution in [0, 0.1) is 0 Å². The number of piperidine rings is 1. The lowest BCUT2D eigenvalue weighted by Gasteiger charge is -2.28. The summed E-state index contributed by atoms with van der Waals surface area (Å²) in [4.78, 5) is 11.8. The summed E-state index contributed by atoms with van der Waals surface area (Å²) in [5, 5.41) is 5.33. The Morgan fingerprint density at radius 1 is 1.04 bits per heavy atom. The van der Waals surface area contributed by atoms with Gasteiger partial charge < -0.3 is 22.6 Å². The zero-order chi connectivity index (χ0) is 15.6. The highest BCUT2D eigenvalue weighted by atomic mass is 35.5. The Morgan fingerprint density at radius 2 is 1.79 bits per heavy atom. The Morgan fingerprint density at radius 3 is 2.50 bits per heavy atom. The van der Waals surface area contributed by atoms with Crippen molar-refractivity contribution in [3.63, 3.8) is 0 Å². The number of aromatic nitrogens is 2. The van der Waals surface area contributed by atoms with Gasteiger partial charge in [-0.2, -0.15) is 4.98 Å². The molecule has 3 heterocycles. The van der Waals surface area contributed by atoms with Gasteiger partial charge >= 0.3 is 0 Å². The topological polar surface area (TPSA) is 57.7 Å². The SMILES string of the molecule is CNc1nc2c(c(N3CCCCC3)n1)[NH2+]C(c1ccccc1)=C2.[Cl-]. The van der Waals surface area contributed by atoms with E-state index in [1.165, 1.54) is 30.5 Å². The van der Waals surface area contributed by atoms with Crippen molar-refractivity contribution in [2.75, 3.05) is 30.4 Å². The van der Waals surface area contributed by atoms with E-state index in [0.717, 1.165) is 30.3 Å². The van der Waals surface area contributed by atoms with E-state index in [1.807, 2.05) is 13.1 Å². The molecule has 0 radical (unpaired) electrons. The first-order valence-electron chi connectivity index (χ1n) is 8.32. The minimum absolute atomic E-state index is 0. The summed E-state index contributed by atoms with van der Waals surface area (Å²) in [6, 6.07) is 10.5. The van der Waals surface area contributed by atoms with Crippen LogP contribution in [0.25, 0.3) is 11.8 Å². The van der Waals surface area contributed by atoms with Crippen LogP contribution in [0.1, 0.15) is 30.5 Å². The largest absolute Gasteiger partial charge is 1.00 e. The van der Waals surface area contributed by atoms with E-state index >= 15 is 0 Å². The van der Waals surface area contributed by atoms with Gasteiger partial charge in [0.15, 0.2) is 5.82 Å². The van der Waals surface area contributed by atoms with E-state index in [0.29, 0.717) is 5.95 Å². The number of benzene rings is 1. The molecule has 1 aromatic carbocycles. The van der Waals surface area contributed by atoms with Gasteiger partial charge in [0.05, 0.1) is 0 Å². The third kappa shape index (κ3) is 3.09. The molecule has 2 aromatic rings. The number of nitrogens with zero attached hydrogens (tertiary/aromatic N) is 3. The van der Waals surface area contributed by atoms with Crippen LogP contribution in [0.5, 0.6) is 0 Å². The first kappa shape index (κ1) is 16.7. The highest BCUT2D eigenvalue weighted by Crippen LogP contribution is 2.32. The van der Waals surface area contributed by atoms with Crippen LogP contribution in [0.3, 0.4) is 0 Å². The summed E-state index contributed by atoms with van der Waals surface area (Å²) in [7, 11) is 1.88. The van der Waals surface area contributed by atoms with Gasteiger partial charge in [0, 0.05) is 31.8 Å². The molecule has 6 heteroatoms. The lowest BCUT2D eigenvalue weighted by Crippen LogP contribution is -3.00. The number of hydrogen-bond donors (Lipinski definition) is 2. The maximum atomic E-state index is 4.75. The number of nitrogens with one attached hydrogen (secondary N) is 1. The molecule has 0 unspecified atom stereocenters. The number of hydrogen-bond acceptors (Lipinski definition) is 4. The zero-order valence-electron chi connectivity index (χ0n) is 13.8. The van der Waals surface area contributed by atoms with E-state index in [-0.39, 0.29) is 12.4 Å². The summed E-state index contributed by atoms with van der Waals surface area (Å²) in [6.07, 6.45) is 5.97. The smallest absolute Gasteiger partial charge is 0.225 e. The van der Waals surface area contributed by atoms with Crippen LogP contribution in [-0.4, -0.2) is 30.1 Å². The molecule has 0 aliphatic carbocycles. The van der Waals surface area contributed by atoms with Crippen LogP contribution in [0.2, 0.25) is 0 Å². The Bertz CT molecular complexity index is 739. The van der Waals surface area contributed by atoms with Crippen molar-refractivity contribution < 1.29 is 17.7 Å². The second-order valence-electron chi connectivity index (χ2n) is 6.08. The minimum Gasteiger partial charge on any atom is -1.00 e. The number of anilines is 2. The molecule has 0 bridgehead atoms. The van der Waals surface area contributed by atoms with Gasteiger partial charge in [-0.1, -0.05) is 18.2 Å². The standard InChI is InChI=1S/C18H21N5.ClH/c1-19-18-21-15-12-14(13-8-4-2-5-9-13)20-16(15)17(22-18)23-10-6-3-7-11-23;/h2,4-5,8-9,12,20H,3,6-7,10-11H2,1H3,(H,19,21,22);1H. The molecule has 1 fully saturated rings. The van der Waals surface area contributed by atoms with E-state index in [1.54, 1.807) is 0 Å². The lowest BCUT2D eigenvalue weighted by atomic mass is 10.1. The molecule has 1 aromatic heterocycles. The fraction of sp³-hybridized carbons (Fsp3) is 0.333. The van der Waals surface area contributed by atoms with Crippen molar-refractivity contribution in [3.8, 4) is 0 Å². The molecule has 1 saturated heterocycles. The average Bonchev–Trinajstić information content (AvgIpc) is 3.06. The third-order valence-corrected chi connectivity index (χ3v) is 4.53. The molecule has 2 aliphatic heterocycles. The molecule has 3 N–H and O–H groups in total. The lowest BCUT2D eigenvalue weighted by molar-refractivity contribution is -0.464. The van der Waals surface area contributed by atoms with Crippen LogP contribution in [0.15, 0.2) is 30.3 Å². The predicted octanol–water partition coefficient (Wildman–Crippen LogP) is -0.781. The van der Waals surface area contributed by atoms with E-state index in [2.05, 4.69) is 50.9 Å². The maximum Gasteiger partial charge on any atom is 0.225 e.